The van der Waals surface area contributed by atoms with Crippen LogP contribution >= 0.6 is 11.6 Å². The van der Waals surface area contributed by atoms with Crippen LogP contribution in [0.15, 0.2) is 36.4 Å². The maximum atomic E-state index is 12.6. The van der Waals surface area contributed by atoms with Crippen molar-refractivity contribution in [3.05, 3.63) is 58.1 Å². The minimum Gasteiger partial charge on any atom is -0.366 e. The first-order valence-electron chi connectivity index (χ1n) is 10.6. The Balaban J connectivity index is 1.32. The molecule has 0 aromatic heterocycles. The third-order valence-electron chi connectivity index (χ3n) is 6.10. The largest absolute Gasteiger partial charge is 0.366 e. The lowest BCUT2D eigenvalue weighted by Crippen LogP contribution is -2.53. The predicted molar refractivity (Wildman–Crippen MR) is 122 cm³/mol. The van der Waals surface area contributed by atoms with E-state index in [4.69, 9.17) is 11.6 Å². The SMILES string of the molecule is Cc1cc(N2CCN(CC(=O)Nc3ccc4c(c3)CCC(=O)C4)C[C@H]2C)ccc1Cl. The summed E-state index contributed by atoms with van der Waals surface area (Å²) in [6, 6.07) is 12.3. The number of carbonyl (C=O) groups is 2. The first-order chi connectivity index (χ1) is 14.4. The van der Waals surface area contributed by atoms with Gasteiger partial charge in [-0.1, -0.05) is 17.7 Å². The molecule has 6 heteroatoms. The second kappa shape index (κ2) is 8.78. The van der Waals surface area contributed by atoms with E-state index in [2.05, 4.69) is 34.2 Å². The molecule has 1 amide bonds. The summed E-state index contributed by atoms with van der Waals surface area (Å²) in [5.74, 6) is 0.297. The molecule has 0 unspecified atom stereocenters. The summed E-state index contributed by atoms with van der Waals surface area (Å²) >= 11 is 6.16. The number of ketones is 1. The Morgan fingerprint density at radius 1 is 1.13 bits per heavy atom. The molecule has 158 valence electrons. The van der Waals surface area contributed by atoms with E-state index in [-0.39, 0.29) is 5.91 Å². The van der Waals surface area contributed by atoms with Gasteiger partial charge in [0.15, 0.2) is 0 Å². The van der Waals surface area contributed by atoms with Gasteiger partial charge in [-0.05, 0) is 67.3 Å². The Kier molecular flexibility index (Phi) is 6.11. The average molecular weight is 426 g/mol. The number of anilines is 2. The van der Waals surface area contributed by atoms with Crippen molar-refractivity contribution in [1.29, 1.82) is 0 Å². The topological polar surface area (TPSA) is 52.6 Å². The third-order valence-corrected chi connectivity index (χ3v) is 6.53. The van der Waals surface area contributed by atoms with Crippen molar-refractivity contribution in [2.75, 3.05) is 36.4 Å². The summed E-state index contributed by atoms with van der Waals surface area (Å²) in [6.07, 6.45) is 1.88. The second-order valence-electron chi connectivity index (χ2n) is 8.46. The van der Waals surface area contributed by atoms with Crippen LogP contribution in [-0.4, -0.2) is 48.8 Å². The van der Waals surface area contributed by atoms with Gasteiger partial charge in [0.1, 0.15) is 5.78 Å². The zero-order valence-corrected chi connectivity index (χ0v) is 18.3. The summed E-state index contributed by atoms with van der Waals surface area (Å²) < 4.78 is 0. The lowest BCUT2D eigenvalue weighted by molar-refractivity contribution is -0.119. The van der Waals surface area contributed by atoms with Crippen LogP contribution in [0.2, 0.25) is 5.02 Å². The quantitative estimate of drug-likeness (QED) is 0.808. The molecule has 2 aliphatic rings. The first kappa shape index (κ1) is 20.9. The molecule has 0 saturated carbocycles. The Hall–Kier alpha value is -2.37. The molecule has 2 aromatic rings. The normalized spacial score (nSPS) is 19.5. The molecule has 0 radical (unpaired) electrons. The number of piperazine rings is 1. The number of carbonyl (C=O) groups excluding carboxylic acids is 2. The summed E-state index contributed by atoms with van der Waals surface area (Å²) in [5.41, 5.74) is 5.34. The molecular formula is C24H28ClN3O2. The van der Waals surface area contributed by atoms with Gasteiger partial charge in [-0.3, -0.25) is 14.5 Å². The van der Waals surface area contributed by atoms with E-state index in [1.807, 2.05) is 31.2 Å². The van der Waals surface area contributed by atoms with Crippen LogP contribution in [0.25, 0.3) is 0 Å². The van der Waals surface area contributed by atoms with E-state index in [0.717, 1.165) is 47.9 Å². The first-order valence-corrected chi connectivity index (χ1v) is 11.0. The van der Waals surface area contributed by atoms with Gasteiger partial charge in [0.2, 0.25) is 5.91 Å². The van der Waals surface area contributed by atoms with E-state index >= 15 is 0 Å². The van der Waals surface area contributed by atoms with Gasteiger partial charge < -0.3 is 10.2 Å². The van der Waals surface area contributed by atoms with Crippen LogP contribution in [0.3, 0.4) is 0 Å². The average Bonchev–Trinajstić information content (AvgIpc) is 2.70. The molecule has 5 nitrogen and oxygen atoms in total. The lowest BCUT2D eigenvalue weighted by atomic mass is 9.90. The number of benzene rings is 2. The van der Waals surface area contributed by atoms with Gasteiger partial charge in [-0.15, -0.1) is 0 Å². The molecule has 0 spiro atoms. The molecule has 1 aliphatic carbocycles. The molecule has 1 heterocycles. The third kappa shape index (κ3) is 4.68. The molecule has 30 heavy (non-hydrogen) atoms. The number of amides is 1. The number of Topliss-reactive ketones (excluding diaryl/α,β-unsaturated/α-hetero) is 1. The minimum atomic E-state index is 0.00447. The Bertz CT molecular complexity index is 975. The van der Waals surface area contributed by atoms with Gasteiger partial charge in [0.25, 0.3) is 0 Å². The minimum absolute atomic E-state index is 0.00447. The number of aryl methyl sites for hydroxylation is 2. The molecule has 1 N–H and O–H groups in total. The van der Waals surface area contributed by atoms with Crippen LogP contribution in [0.5, 0.6) is 0 Å². The number of hydrogen-bond acceptors (Lipinski definition) is 4. The summed E-state index contributed by atoms with van der Waals surface area (Å²) in [4.78, 5) is 28.8. The predicted octanol–water partition coefficient (Wildman–Crippen LogP) is 3.86. The van der Waals surface area contributed by atoms with Crippen LogP contribution in [-0.2, 0) is 22.4 Å². The molecule has 0 bridgehead atoms. The highest BCUT2D eigenvalue weighted by molar-refractivity contribution is 6.31. The van der Waals surface area contributed by atoms with Crippen molar-refractivity contribution >= 4 is 34.7 Å². The van der Waals surface area contributed by atoms with Gasteiger partial charge in [0.05, 0.1) is 6.54 Å². The molecule has 2 aromatic carbocycles. The van der Waals surface area contributed by atoms with Crippen LogP contribution in [0, 0.1) is 6.92 Å². The van der Waals surface area contributed by atoms with E-state index in [0.29, 0.717) is 31.2 Å². The van der Waals surface area contributed by atoms with Crippen molar-refractivity contribution in [1.82, 2.24) is 4.90 Å². The molecule has 1 aliphatic heterocycles. The molecule has 1 fully saturated rings. The van der Waals surface area contributed by atoms with Gasteiger partial charge in [-0.25, -0.2) is 0 Å². The van der Waals surface area contributed by atoms with Crippen LogP contribution < -0.4 is 10.2 Å². The number of halogens is 1. The highest BCUT2D eigenvalue weighted by Gasteiger charge is 2.25. The van der Waals surface area contributed by atoms with E-state index < -0.39 is 0 Å². The fourth-order valence-electron chi connectivity index (χ4n) is 4.46. The maximum Gasteiger partial charge on any atom is 0.238 e. The Labute approximate surface area is 183 Å². The molecular weight excluding hydrogens is 398 g/mol. The summed E-state index contributed by atoms with van der Waals surface area (Å²) in [6.45, 7) is 7.15. The number of fused-ring (bicyclic) bond motifs is 1. The van der Waals surface area contributed by atoms with Crippen molar-refractivity contribution in [3.8, 4) is 0 Å². The zero-order chi connectivity index (χ0) is 21.3. The number of rotatable bonds is 4. The van der Waals surface area contributed by atoms with Gasteiger partial charge in [0, 0.05) is 54.9 Å². The second-order valence-corrected chi connectivity index (χ2v) is 8.87. The highest BCUT2D eigenvalue weighted by Crippen LogP contribution is 2.26. The maximum absolute atomic E-state index is 12.6. The standard InChI is InChI=1S/C24H28ClN3O2/c1-16-11-21(6-8-23(16)25)28-10-9-27(14-17(28)2)15-24(30)26-20-5-3-19-13-22(29)7-4-18(19)12-20/h3,5-6,8,11-12,17H,4,7,9-10,13-15H2,1-2H3,(H,26,30)/t17-/m1/s1. The smallest absolute Gasteiger partial charge is 0.238 e. The fourth-order valence-corrected chi connectivity index (χ4v) is 4.57. The van der Waals surface area contributed by atoms with Crippen molar-refractivity contribution < 1.29 is 9.59 Å². The van der Waals surface area contributed by atoms with Gasteiger partial charge in [-0.2, -0.15) is 0 Å². The summed E-state index contributed by atoms with van der Waals surface area (Å²) in [5, 5.41) is 3.82. The molecule has 1 saturated heterocycles. The molecule has 1 atom stereocenters. The Morgan fingerprint density at radius 3 is 2.73 bits per heavy atom. The van der Waals surface area contributed by atoms with Crippen LogP contribution in [0.4, 0.5) is 11.4 Å². The van der Waals surface area contributed by atoms with Crippen molar-refractivity contribution in [3.63, 3.8) is 0 Å². The van der Waals surface area contributed by atoms with E-state index in [1.54, 1.807) is 0 Å². The van der Waals surface area contributed by atoms with Crippen LogP contribution in [0.1, 0.15) is 30.0 Å². The van der Waals surface area contributed by atoms with E-state index in [9.17, 15) is 9.59 Å². The van der Waals surface area contributed by atoms with Gasteiger partial charge >= 0.3 is 0 Å². The number of nitrogens with zero attached hydrogens (tertiary/aromatic N) is 2. The lowest BCUT2D eigenvalue weighted by Gasteiger charge is -2.41. The molecule has 4 rings (SSSR count). The number of nitrogens with one attached hydrogen (secondary N) is 1. The highest BCUT2D eigenvalue weighted by atomic mass is 35.5. The number of hydrogen-bond donors (Lipinski definition) is 1. The van der Waals surface area contributed by atoms with E-state index in [1.165, 1.54) is 11.3 Å². The summed E-state index contributed by atoms with van der Waals surface area (Å²) in [7, 11) is 0. The Morgan fingerprint density at radius 2 is 1.97 bits per heavy atom. The zero-order valence-electron chi connectivity index (χ0n) is 17.6. The fraction of sp³-hybridized carbons (Fsp3) is 0.417. The monoisotopic (exact) mass is 425 g/mol. The van der Waals surface area contributed by atoms with Crippen molar-refractivity contribution in [2.24, 2.45) is 0 Å². The van der Waals surface area contributed by atoms with Crippen molar-refractivity contribution in [2.45, 2.75) is 39.2 Å².